The highest BCUT2D eigenvalue weighted by Gasteiger charge is 2.11. The molecule has 0 saturated carbocycles. The number of benzene rings is 2. The molecular weight excluding hydrogens is 345 g/mol. The minimum Gasteiger partial charge on any atom is -0.344 e. The van der Waals surface area contributed by atoms with E-state index in [-0.39, 0.29) is 5.82 Å². The lowest BCUT2D eigenvalue weighted by Gasteiger charge is -2.06. The fourth-order valence-electron chi connectivity index (χ4n) is 2.86. The zero-order valence-electron chi connectivity index (χ0n) is 14.0. The molecule has 26 heavy (non-hydrogen) atoms. The van der Waals surface area contributed by atoms with Gasteiger partial charge in [-0.3, -0.25) is 0 Å². The lowest BCUT2D eigenvalue weighted by atomic mass is 10.1. The van der Waals surface area contributed by atoms with Gasteiger partial charge in [0.2, 0.25) is 0 Å². The van der Waals surface area contributed by atoms with Gasteiger partial charge in [0.1, 0.15) is 16.9 Å². The molecule has 0 spiro atoms. The van der Waals surface area contributed by atoms with Crippen LogP contribution < -0.4 is 0 Å². The van der Waals surface area contributed by atoms with Crippen LogP contribution in [0.2, 0.25) is 0 Å². The van der Waals surface area contributed by atoms with Crippen molar-refractivity contribution >= 4 is 33.2 Å². The molecule has 0 bridgehead atoms. The number of hydrogen-bond donors (Lipinski definition) is 0. The van der Waals surface area contributed by atoms with Crippen molar-refractivity contribution in [1.82, 2.24) is 9.55 Å². The first-order valence-electron chi connectivity index (χ1n) is 8.05. The molecule has 2 heterocycles. The summed E-state index contributed by atoms with van der Waals surface area (Å²) >= 11 is 1.51. The van der Waals surface area contributed by atoms with Crippen LogP contribution in [0.5, 0.6) is 0 Å². The summed E-state index contributed by atoms with van der Waals surface area (Å²) < 4.78 is 16.2. The van der Waals surface area contributed by atoms with Gasteiger partial charge in [-0.25, -0.2) is 9.37 Å². The van der Waals surface area contributed by atoms with E-state index in [2.05, 4.69) is 11.1 Å². The maximum Gasteiger partial charge on any atom is 0.135 e. The number of allylic oxidation sites excluding steroid dienone is 1. The number of halogens is 1. The third kappa shape index (κ3) is 2.92. The van der Waals surface area contributed by atoms with Crippen molar-refractivity contribution in [2.75, 3.05) is 0 Å². The van der Waals surface area contributed by atoms with Crippen molar-refractivity contribution in [3.05, 3.63) is 77.2 Å². The van der Waals surface area contributed by atoms with Crippen molar-refractivity contribution < 1.29 is 4.39 Å². The van der Waals surface area contributed by atoms with E-state index in [1.807, 2.05) is 54.1 Å². The third-order valence-corrected chi connectivity index (χ3v) is 5.31. The molecule has 3 nitrogen and oxygen atoms in total. The Balaban J connectivity index is 1.75. The van der Waals surface area contributed by atoms with Gasteiger partial charge in [-0.2, -0.15) is 5.26 Å². The molecule has 0 amide bonds. The monoisotopic (exact) mass is 359 g/mol. The first-order valence-corrected chi connectivity index (χ1v) is 8.87. The third-order valence-electron chi connectivity index (χ3n) is 4.24. The van der Waals surface area contributed by atoms with Gasteiger partial charge in [0.25, 0.3) is 0 Å². The average molecular weight is 359 g/mol. The van der Waals surface area contributed by atoms with E-state index in [1.165, 1.54) is 23.5 Å². The SMILES string of the molecule is Cn1c(C=C(C#N)c2nc3ccccc3s2)ccc1-c1ccc(F)cc1. The second-order valence-corrected chi connectivity index (χ2v) is 6.90. The number of nitriles is 1. The molecule has 4 rings (SSSR count). The molecule has 126 valence electrons. The summed E-state index contributed by atoms with van der Waals surface area (Å²) in [6.45, 7) is 0. The van der Waals surface area contributed by atoms with Crippen molar-refractivity contribution in [3.8, 4) is 17.3 Å². The van der Waals surface area contributed by atoms with E-state index in [0.29, 0.717) is 10.6 Å². The normalized spacial score (nSPS) is 11.7. The summed E-state index contributed by atoms with van der Waals surface area (Å²) in [5, 5.41) is 10.3. The molecule has 0 fully saturated rings. The topological polar surface area (TPSA) is 41.6 Å². The van der Waals surface area contributed by atoms with E-state index < -0.39 is 0 Å². The molecule has 2 aromatic carbocycles. The molecule has 5 heteroatoms. The number of hydrogen-bond acceptors (Lipinski definition) is 3. The highest BCUT2D eigenvalue weighted by molar-refractivity contribution is 7.19. The Bertz CT molecular complexity index is 1130. The number of thiazole rings is 1. The van der Waals surface area contributed by atoms with Gasteiger partial charge < -0.3 is 4.57 Å². The minimum atomic E-state index is -0.259. The van der Waals surface area contributed by atoms with E-state index in [1.54, 1.807) is 12.1 Å². The molecule has 0 atom stereocenters. The van der Waals surface area contributed by atoms with Crippen molar-refractivity contribution in [2.45, 2.75) is 0 Å². The predicted molar refractivity (Wildman–Crippen MR) is 104 cm³/mol. The Hall–Kier alpha value is -3.23. The molecule has 4 aromatic rings. The largest absolute Gasteiger partial charge is 0.344 e. The standard InChI is InChI=1S/C21H14FN3S/c1-25-17(10-11-19(25)14-6-8-16(22)9-7-14)12-15(13-23)21-24-18-4-2-3-5-20(18)26-21/h2-12H,1H3. The van der Waals surface area contributed by atoms with Crippen molar-refractivity contribution in [3.63, 3.8) is 0 Å². The smallest absolute Gasteiger partial charge is 0.135 e. The highest BCUT2D eigenvalue weighted by atomic mass is 32.1. The molecular formula is C21H14FN3S. The van der Waals surface area contributed by atoms with Crippen LogP contribution in [0.25, 0.3) is 33.1 Å². The van der Waals surface area contributed by atoms with E-state index in [0.717, 1.165) is 27.2 Å². The molecule has 0 saturated heterocycles. The number of rotatable bonds is 3. The fourth-order valence-corrected chi connectivity index (χ4v) is 3.79. The summed E-state index contributed by atoms with van der Waals surface area (Å²) in [7, 11) is 1.93. The average Bonchev–Trinajstić information content (AvgIpc) is 3.24. The Morgan fingerprint density at radius 2 is 1.88 bits per heavy atom. The summed E-state index contributed by atoms with van der Waals surface area (Å²) in [5.74, 6) is -0.259. The fraction of sp³-hybridized carbons (Fsp3) is 0.0476. The Labute approximate surface area is 154 Å². The van der Waals surface area contributed by atoms with Crippen LogP contribution in [0.15, 0.2) is 60.7 Å². The Morgan fingerprint density at radius 1 is 1.12 bits per heavy atom. The highest BCUT2D eigenvalue weighted by Crippen LogP contribution is 2.29. The second-order valence-electron chi connectivity index (χ2n) is 5.87. The molecule has 0 aliphatic heterocycles. The van der Waals surface area contributed by atoms with Crippen molar-refractivity contribution in [2.24, 2.45) is 7.05 Å². The van der Waals surface area contributed by atoms with Crippen LogP contribution in [-0.4, -0.2) is 9.55 Å². The van der Waals surface area contributed by atoms with Gasteiger partial charge in [-0.15, -0.1) is 11.3 Å². The zero-order chi connectivity index (χ0) is 18.1. The molecule has 0 aliphatic carbocycles. The van der Waals surface area contributed by atoms with E-state index >= 15 is 0 Å². The molecule has 0 radical (unpaired) electrons. The summed E-state index contributed by atoms with van der Waals surface area (Å²) in [5.41, 5.74) is 4.19. The van der Waals surface area contributed by atoms with Crippen LogP contribution in [-0.2, 0) is 7.05 Å². The minimum absolute atomic E-state index is 0.259. The second kappa shape index (κ2) is 6.58. The Morgan fingerprint density at radius 3 is 2.62 bits per heavy atom. The van der Waals surface area contributed by atoms with Crippen LogP contribution in [0.3, 0.4) is 0 Å². The predicted octanol–water partition coefficient (Wildman–Crippen LogP) is 5.51. The maximum absolute atomic E-state index is 13.1. The number of fused-ring (bicyclic) bond motifs is 1. The van der Waals surface area contributed by atoms with Gasteiger partial charge in [-0.05, 0) is 60.2 Å². The zero-order valence-corrected chi connectivity index (χ0v) is 14.8. The van der Waals surface area contributed by atoms with Gasteiger partial charge >= 0.3 is 0 Å². The summed E-state index contributed by atoms with van der Waals surface area (Å²) in [6.07, 6.45) is 1.84. The number of nitrogens with zero attached hydrogens (tertiary/aromatic N) is 3. The Kier molecular flexibility index (Phi) is 4.11. The molecule has 2 aromatic heterocycles. The van der Waals surface area contributed by atoms with Crippen LogP contribution in [0.4, 0.5) is 4.39 Å². The maximum atomic E-state index is 13.1. The lowest BCUT2D eigenvalue weighted by molar-refractivity contribution is 0.628. The number of para-hydroxylation sites is 1. The van der Waals surface area contributed by atoms with Gasteiger partial charge in [-0.1, -0.05) is 12.1 Å². The van der Waals surface area contributed by atoms with Crippen LogP contribution in [0, 0.1) is 17.1 Å². The number of aromatic nitrogens is 2. The molecule has 0 aliphatic rings. The molecule has 0 unspecified atom stereocenters. The molecule has 0 N–H and O–H groups in total. The van der Waals surface area contributed by atoms with Crippen LogP contribution in [0.1, 0.15) is 10.7 Å². The van der Waals surface area contributed by atoms with Gasteiger partial charge in [0.05, 0.1) is 15.8 Å². The first kappa shape index (κ1) is 16.2. The summed E-state index contributed by atoms with van der Waals surface area (Å²) in [6, 6.07) is 20.4. The van der Waals surface area contributed by atoms with E-state index in [4.69, 9.17) is 0 Å². The quantitative estimate of drug-likeness (QED) is 0.453. The van der Waals surface area contributed by atoms with Gasteiger partial charge in [0.15, 0.2) is 0 Å². The van der Waals surface area contributed by atoms with Crippen molar-refractivity contribution in [1.29, 1.82) is 5.26 Å². The summed E-state index contributed by atoms with van der Waals surface area (Å²) in [4.78, 5) is 4.56. The van der Waals surface area contributed by atoms with Crippen LogP contribution >= 0.6 is 11.3 Å². The first-order chi connectivity index (χ1) is 12.7. The lowest BCUT2D eigenvalue weighted by Crippen LogP contribution is -1.94. The van der Waals surface area contributed by atoms with E-state index in [9.17, 15) is 9.65 Å². The van der Waals surface area contributed by atoms with Gasteiger partial charge in [0, 0.05) is 18.4 Å².